The van der Waals surface area contributed by atoms with Crippen LogP contribution in [0.15, 0.2) is 108 Å². The number of fused-ring (bicyclic) bond motifs is 1. The Balaban J connectivity index is 1.30. The van der Waals surface area contributed by atoms with Gasteiger partial charge in [0.2, 0.25) is 0 Å². The monoisotopic (exact) mass is 509 g/mol. The average molecular weight is 510 g/mol. The molecule has 0 bridgehead atoms. The van der Waals surface area contributed by atoms with Crippen LogP contribution in [0.3, 0.4) is 0 Å². The van der Waals surface area contributed by atoms with Gasteiger partial charge in [0.25, 0.3) is 5.91 Å². The summed E-state index contributed by atoms with van der Waals surface area (Å²) in [5.41, 5.74) is 7.24. The van der Waals surface area contributed by atoms with Crippen molar-refractivity contribution in [3.05, 3.63) is 120 Å². The van der Waals surface area contributed by atoms with Crippen molar-refractivity contribution in [3.8, 4) is 28.1 Å². The molecule has 0 atom stereocenters. The number of nitrogens with zero attached hydrogens (tertiary/aromatic N) is 2. The second-order valence-corrected chi connectivity index (χ2v) is 8.65. The first-order valence-corrected chi connectivity index (χ1v) is 11.9. The largest absolute Gasteiger partial charge is 0.484 e. The van der Waals surface area contributed by atoms with Gasteiger partial charge in [-0.1, -0.05) is 66.2 Å². The molecule has 0 aliphatic carbocycles. The maximum Gasteiger partial charge on any atom is 0.277 e. The Hall–Kier alpha value is -4.55. The van der Waals surface area contributed by atoms with Gasteiger partial charge in [-0.2, -0.15) is 5.10 Å². The predicted octanol–water partition coefficient (Wildman–Crippen LogP) is 6.89. The Morgan fingerprint density at radius 1 is 0.919 bits per heavy atom. The average Bonchev–Trinajstić information content (AvgIpc) is 2.93. The number of pyridine rings is 1. The first-order chi connectivity index (χ1) is 18.1. The lowest BCUT2D eigenvalue weighted by Gasteiger charge is -2.11. The van der Waals surface area contributed by atoms with Gasteiger partial charge in [0, 0.05) is 21.5 Å². The minimum atomic E-state index is -0.461. The Morgan fingerprint density at radius 3 is 2.46 bits per heavy atom. The second kappa shape index (κ2) is 11.0. The summed E-state index contributed by atoms with van der Waals surface area (Å²) >= 11 is 6.25. The lowest BCUT2D eigenvalue weighted by Crippen LogP contribution is -2.24. The molecule has 1 heterocycles. The maximum absolute atomic E-state index is 13.6. The molecule has 0 saturated carbocycles. The number of halogens is 2. The van der Waals surface area contributed by atoms with Crippen molar-refractivity contribution in [1.82, 2.24) is 10.4 Å². The molecule has 0 aliphatic rings. The fourth-order valence-corrected chi connectivity index (χ4v) is 4.03. The Morgan fingerprint density at radius 2 is 1.68 bits per heavy atom. The van der Waals surface area contributed by atoms with Crippen LogP contribution in [0.1, 0.15) is 5.56 Å². The van der Waals surface area contributed by atoms with Gasteiger partial charge in [0.05, 0.1) is 17.4 Å². The van der Waals surface area contributed by atoms with Gasteiger partial charge in [0.15, 0.2) is 6.61 Å². The number of aromatic nitrogens is 1. The molecule has 5 aromatic rings. The van der Waals surface area contributed by atoms with E-state index in [1.54, 1.807) is 30.3 Å². The quantitative estimate of drug-likeness (QED) is 0.192. The van der Waals surface area contributed by atoms with E-state index in [0.717, 1.165) is 33.3 Å². The number of amides is 1. The van der Waals surface area contributed by atoms with Crippen molar-refractivity contribution in [2.45, 2.75) is 0 Å². The van der Waals surface area contributed by atoms with E-state index in [9.17, 15) is 9.18 Å². The van der Waals surface area contributed by atoms with Crippen molar-refractivity contribution >= 4 is 34.6 Å². The molecule has 1 amide bonds. The van der Waals surface area contributed by atoms with Crippen LogP contribution in [0.25, 0.3) is 33.3 Å². The van der Waals surface area contributed by atoms with Gasteiger partial charge in [-0.3, -0.25) is 4.79 Å². The molecule has 5 nitrogen and oxygen atoms in total. The summed E-state index contributed by atoms with van der Waals surface area (Å²) in [6.45, 7) is -0.237. The van der Waals surface area contributed by atoms with E-state index in [1.807, 2.05) is 48.5 Å². The van der Waals surface area contributed by atoms with Gasteiger partial charge >= 0.3 is 0 Å². The third-order valence-corrected chi connectivity index (χ3v) is 5.91. The highest BCUT2D eigenvalue weighted by molar-refractivity contribution is 6.31. The molecule has 0 fully saturated rings. The Labute approximate surface area is 218 Å². The number of hydrogen-bond acceptors (Lipinski definition) is 4. The maximum atomic E-state index is 13.6. The van der Waals surface area contributed by atoms with Crippen LogP contribution in [-0.2, 0) is 4.79 Å². The van der Waals surface area contributed by atoms with Gasteiger partial charge in [-0.05, 0) is 59.7 Å². The molecule has 0 unspecified atom stereocenters. The molecule has 0 aliphatic heterocycles. The summed E-state index contributed by atoms with van der Waals surface area (Å²) in [7, 11) is 0. The zero-order valence-corrected chi connectivity index (χ0v) is 20.3. The van der Waals surface area contributed by atoms with Crippen LogP contribution < -0.4 is 10.2 Å². The lowest BCUT2D eigenvalue weighted by atomic mass is 9.98. The fourth-order valence-electron chi connectivity index (χ4n) is 3.86. The number of benzene rings is 4. The van der Waals surface area contributed by atoms with Crippen LogP contribution in [0.5, 0.6) is 5.75 Å². The molecular weight excluding hydrogens is 489 g/mol. The SMILES string of the molecule is O=C(COc1ccc(-c2cc(-c3ccccc3)c3ccc(Cl)cc3n2)cc1)NN=Cc1ccccc1F. The van der Waals surface area contributed by atoms with Crippen LogP contribution in [-0.4, -0.2) is 23.7 Å². The summed E-state index contributed by atoms with van der Waals surface area (Å²) in [6.07, 6.45) is 1.25. The number of nitrogens with one attached hydrogen (secondary N) is 1. The number of ether oxygens (including phenoxy) is 1. The molecular formula is C30H21ClFN3O2. The molecule has 1 aromatic heterocycles. The molecule has 5 rings (SSSR count). The van der Waals surface area contributed by atoms with Crippen molar-refractivity contribution in [2.75, 3.05) is 6.61 Å². The smallest absolute Gasteiger partial charge is 0.277 e. The van der Waals surface area contributed by atoms with Crippen molar-refractivity contribution in [2.24, 2.45) is 5.10 Å². The molecule has 182 valence electrons. The van der Waals surface area contributed by atoms with E-state index in [1.165, 1.54) is 12.3 Å². The number of hydrogen-bond donors (Lipinski definition) is 1. The molecule has 1 N–H and O–H groups in total. The highest BCUT2D eigenvalue weighted by atomic mass is 35.5. The molecule has 0 spiro atoms. The van der Waals surface area contributed by atoms with Gasteiger partial charge in [-0.25, -0.2) is 14.8 Å². The van der Waals surface area contributed by atoms with E-state index in [2.05, 4.69) is 28.7 Å². The van der Waals surface area contributed by atoms with Crippen LogP contribution in [0.2, 0.25) is 5.02 Å². The van der Waals surface area contributed by atoms with Gasteiger partial charge in [-0.15, -0.1) is 0 Å². The molecule has 4 aromatic carbocycles. The lowest BCUT2D eigenvalue weighted by molar-refractivity contribution is -0.123. The molecule has 7 heteroatoms. The third-order valence-electron chi connectivity index (χ3n) is 5.67. The van der Waals surface area contributed by atoms with E-state index < -0.39 is 11.7 Å². The molecule has 0 radical (unpaired) electrons. The predicted molar refractivity (Wildman–Crippen MR) is 145 cm³/mol. The summed E-state index contributed by atoms with van der Waals surface area (Å²) in [4.78, 5) is 16.9. The van der Waals surface area contributed by atoms with Crippen molar-refractivity contribution in [3.63, 3.8) is 0 Å². The minimum absolute atomic E-state index is 0.237. The topological polar surface area (TPSA) is 63.6 Å². The third kappa shape index (κ3) is 5.82. The number of hydrazone groups is 1. The standard InChI is InChI=1S/C30H21ClFN3O2/c31-23-12-15-25-26(20-6-2-1-3-7-20)17-28(34-29(25)16-23)21-10-13-24(14-11-21)37-19-30(36)35-33-18-22-8-4-5-9-27(22)32/h1-18H,19H2,(H,35,36). The van der Waals surface area contributed by atoms with E-state index in [4.69, 9.17) is 21.3 Å². The fraction of sp³-hybridized carbons (Fsp3) is 0.0333. The van der Waals surface area contributed by atoms with Crippen LogP contribution in [0, 0.1) is 5.82 Å². The number of carbonyl (C=O) groups is 1. The number of rotatable bonds is 7. The molecule has 0 saturated heterocycles. The van der Waals surface area contributed by atoms with Crippen LogP contribution >= 0.6 is 11.6 Å². The van der Waals surface area contributed by atoms with E-state index in [-0.39, 0.29) is 12.2 Å². The Bertz CT molecular complexity index is 1590. The summed E-state index contributed by atoms with van der Waals surface area (Å²) in [6, 6.07) is 31.4. The Kier molecular flexibility index (Phi) is 7.19. The van der Waals surface area contributed by atoms with E-state index in [0.29, 0.717) is 10.8 Å². The van der Waals surface area contributed by atoms with Gasteiger partial charge < -0.3 is 4.74 Å². The first-order valence-electron chi connectivity index (χ1n) is 11.5. The summed E-state index contributed by atoms with van der Waals surface area (Å²) in [5, 5.41) is 5.41. The minimum Gasteiger partial charge on any atom is -0.484 e. The highest BCUT2D eigenvalue weighted by Crippen LogP contribution is 2.33. The van der Waals surface area contributed by atoms with Crippen LogP contribution in [0.4, 0.5) is 4.39 Å². The first kappa shape index (κ1) is 24.2. The van der Waals surface area contributed by atoms with Crippen molar-refractivity contribution in [1.29, 1.82) is 0 Å². The second-order valence-electron chi connectivity index (χ2n) is 8.21. The van der Waals surface area contributed by atoms with E-state index >= 15 is 0 Å². The zero-order valence-electron chi connectivity index (χ0n) is 19.6. The number of carbonyl (C=O) groups excluding carboxylic acids is 1. The summed E-state index contributed by atoms with van der Waals surface area (Å²) in [5.74, 6) is -0.363. The van der Waals surface area contributed by atoms with Crippen molar-refractivity contribution < 1.29 is 13.9 Å². The van der Waals surface area contributed by atoms with Gasteiger partial charge in [0.1, 0.15) is 11.6 Å². The highest BCUT2D eigenvalue weighted by Gasteiger charge is 2.11. The molecule has 37 heavy (non-hydrogen) atoms. The zero-order chi connectivity index (χ0) is 25.6. The normalized spacial score (nSPS) is 11.1. The summed E-state index contributed by atoms with van der Waals surface area (Å²) < 4.78 is 19.2.